The molecule has 3 aromatic carbocycles. The van der Waals surface area contributed by atoms with Gasteiger partial charge in [0.2, 0.25) is 6.79 Å². The molecule has 162 valence electrons. The van der Waals surface area contributed by atoms with Gasteiger partial charge in [-0.3, -0.25) is 4.90 Å². The second kappa shape index (κ2) is 10.4. The third kappa shape index (κ3) is 5.64. The SMILES string of the molecule is CCN(Cc1ccc2c(c1)OCO2)CC(O)COC(c1ccccc1)c1ccccc1. The number of benzene rings is 3. The molecule has 0 fully saturated rings. The van der Waals surface area contributed by atoms with Crippen LogP contribution in [0.3, 0.4) is 0 Å². The molecule has 0 bridgehead atoms. The summed E-state index contributed by atoms with van der Waals surface area (Å²) in [6.45, 7) is 4.71. The lowest BCUT2D eigenvalue weighted by atomic mass is 10.0. The van der Waals surface area contributed by atoms with Gasteiger partial charge in [0.1, 0.15) is 6.10 Å². The minimum atomic E-state index is -0.594. The highest BCUT2D eigenvalue weighted by molar-refractivity contribution is 5.44. The van der Waals surface area contributed by atoms with E-state index in [1.54, 1.807) is 0 Å². The van der Waals surface area contributed by atoms with Gasteiger partial charge in [0.25, 0.3) is 0 Å². The summed E-state index contributed by atoms with van der Waals surface area (Å²) in [6.07, 6.45) is -0.801. The number of ether oxygens (including phenoxy) is 3. The number of aliphatic hydroxyl groups is 1. The van der Waals surface area contributed by atoms with Crippen molar-refractivity contribution in [1.82, 2.24) is 4.90 Å². The number of nitrogens with zero attached hydrogens (tertiary/aromatic N) is 1. The number of hydrogen-bond donors (Lipinski definition) is 1. The fourth-order valence-corrected chi connectivity index (χ4v) is 3.80. The maximum atomic E-state index is 10.7. The summed E-state index contributed by atoms with van der Waals surface area (Å²) in [5.74, 6) is 1.57. The van der Waals surface area contributed by atoms with Gasteiger partial charge in [0.05, 0.1) is 12.7 Å². The van der Waals surface area contributed by atoms with Crippen LogP contribution in [0.5, 0.6) is 11.5 Å². The van der Waals surface area contributed by atoms with Crippen molar-refractivity contribution in [3.63, 3.8) is 0 Å². The molecule has 1 N–H and O–H groups in total. The minimum Gasteiger partial charge on any atom is -0.454 e. The molecule has 0 aliphatic carbocycles. The topological polar surface area (TPSA) is 51.2 Å². The highest BCUT2D eigenvalue weighted by atomic mass is 16.7. The van der Waals surface area contributed by atoms with Crippen molar-refractivity contribution in [2.24, 2.45) is 0 Å². The van der Waals surface area contributed by atoms with Crippen LogP contribution in [0.2, 0.25) is 0 Å². The first-order valence-corrected chi connectivity index (χ1v) is 10.7. The molecule has 4 rings (SSSR count). The van der Waals surface area contributed by atoms with Crippen LogP contribution in [0.4, 0.5) is 0 Å². The van der Waals surface area contributed by atoms with Crippen LogP contribution in [0.15, 0.2) is 78.9 Å². The van der Waals surface area contributed by atoms with E-state index in [-0.39, 0.29) is 19.5 Å². The maximum absolute atomic E-state index is 10.7. The highest BCUT2D eigenvalue weighted by Crippen LogP contribution is 2.33. The molecular weight excluding hydrogens is 390 g/mol. The van der Waals surface area contributed by atoms with Gasteiger partial charge in [-0.15, -0.1) is 0 Å². The second-order valence-corrected chi connectivity index (χ2v) is 7.70. The molecule has 0 amide bonds. The van der Waals surface area contributed by atoms with Crippen molar-refractivity contribution in [2.75, 3.05) is 26.5 Å². The third-order valence-electron chi connectivity index (χ3n) is 5.42. The van der Waals surface area contributed by atoms with Crippen LogP contribution in [-0.4, -0.2) is 42.6 Å². The summed E-state index contributed by atoms with van der Waals surface area (Å²) in [4.78, 5) is 2.20. The quantitative estimate of drug-likeness (QED) is 0.528. The van der Waals surface area contributed by atoms with Crippen molar-refractivity contribution in [1.29, 1.82) is 0 Å². The number of rotatable bonds is 10. The zero-order valence-corrected chi connectivity index (χ0v) is 17.8. The van der Waals surface area contributed by atoms with E-state index in [0.717, 1.165) is 41.3 Å². The molecule has 0 saturated heterocycles. The van der Waals surface area contributed by atoms with Crippen LogP contribution in [-0.2, 0) is 11.3 Å². The van der Waals surface area contributed by atoms with Gasteiger partial charge in [0.15, 0.2) is 11.5 Å². The average molecular weight is 420 g/mol. The largest absolute Gasteiger partial charge is 0.454 e. The minimum absolute atomic E-state index is 0.207. The third-order valence-corrected chi connectivity index (χ3v) is 5.42. The van der Waals surface area contributed by atoms with E-state index in [1.165, 1.54) is 0 Å². The van der Waals surface area contributed by atoms with Gasteiger partial charge >= 0.3 is 0 Å². The Labute approximate surface area is 183 Å². The van der Waals surface area contributed by atoms with Gasteiger partial charge in [-0.2, -0.15) is 0 Å². The van der Waals surface area contributed by atoms with Crippen LogP contribution >= 0.6 is 0 Å². The van der Waals surface area contributed by atoms with Gasteiger partial charge < -0.3 is 19.3 Å². The van der Waals surface area contributed by atoms with Crippen LogP contribution < -0.4 is 9.47 Å². The van der Waals surface area contributed by atoms with Crippen molar-refractivity contribution in [2.45, 2.75) is 25.7 Å². The standard InChI is InChI=1S/C26H29NO4/c1-2-27(16-20-13-14-24-25(15-20)31-19-30-24)17-23(28)18-29-26(21-9-5-3-6-10-21)22-11-7-4-8-12-22/h3-15,23,26,28H,2,16-19H2,1H3. The van der Waals surface area contributed by atoms with E-state index in [2.05, 4.69) is 36.1 Å². The first-order valence-electron chi connectivity index (χ1n) is 10.7. The Bertz CT molecular complexity index is 909. The second-order valence-electron chi connectivity index (χ2n) is 7.70. The van der Waals surface area contributed by atoms with Crippen molar-refractivity contribution < 1.29 is 19.3 Å². The predicted octanol–water partition coefficient (Wildman–Crippen LogP) is 4.40. The summed E-state index contributed by atoms with van der Waals surface area (Å²) in [6, 6.07) is 26.2. The van der Waals surface area contributed by atoms with E-state index in [0.29, 0.717) is 6.54 Å². The molecule has 0 spiro atoms. The lowest BCUT2D eigenvalue weighted by Gasteiger charge is -2.26. The van der Waals surface area contributed by atoms with Gasteiger partial charge in [-0.25, -0.2) is 0 Å². The Kier molecular flexibility index (Phi) is 7.20. The Morgan fingerprint density at radius 3 is 2.19 bits per heavy atom. The first kappa shape index (κ1) is 21.4. The summed E-state index contributed by atoms with van der Waals surface area (Å²) in [7, 11) is 0. The fraction of sp³-hybridized carbons (Fsp3) is 0.308. The number of likely N-dealkylation sites (N-methyl/N-ethyl adjacent to an activating group) is 1. The fourth-order valence-electron chi connectivity index (χ4n) is 3.80. The van der Waals surface area contributed by atoms with E-state index >= 15 is 0 Å². The molecule has 0 aromatic heterocycles. The zero-order valence-electron chi connectivity index (χ0n) is 17.8. The van der Waals surface area contributed by atoms with Crippen LogP contribution in [0, 0.1) is 0 Å². The van der Waals surface area contributed by atoms with E-state index in [4.69, 9.17) is 14.2 Å². The van der Waals surface area contributed by atoms with E-state index in [1.807, 2.05) is 54.6 Å². The molecule has 1 heterocycles. The normalized spacial score (nSPS) is 13.7. The summed E-state index contributed by atoms with van der Waals surface area (Å²) >= 11 is 0. The van der Waals surface area contributed by atoms with Crippen molar-refractivity contribution >= 4 is 0 Å². The molecule has 0 radical (unpaired) electrons. The smallest absolute Gasteiger partial charge is 0.231 e. The number of aliphatic hydroxyl groups excluding tert-OH is 1. The molecule has 5 heteroatoms. The van der Waals surface area contributed by atoms with Crippen molar-refractivity contribution in [3.05, 3.63) is 95.6 Å². The molecule has 1 aliphatic rings. The van der Waals surface area contributed by atoms with Crippen LogP contribution in [0.1, 0.15) is 29.7 Å². The lowest BCUT2D eigenvalue weighted by Crippen LogP contribution is -2.34. The molecule has 1 unspecified atom stereocenters. The molecule has 1 atom stereocenters. The Morgan fingerprint density at radius 1 is 0.903 bits per heavy atom. The van der Waals surface area contributed by atoms with Crippen LogP contribution in [0.25, 0.3) is 0 Å². The molecule has 31 heavy (non-hydrogen) atoms. The van der Waals surface area contributed by atoms with E-state index < -0.39 is 6.10 Å². The van der Waals surface area contributed by atoms with Crippen molar-refractivity contribution in [3.8, 4) is 11.5 Å². The molecule has 1 aliphatic heterocycles. The van der Waals surface area contributed by atoms with Gasteiger partial charge in [0, 0.05) is 13.1 Å². The summed E-state index contributed by atoms with van der Waals surface area (Å²) in [5.41, 5.74) is 3.29. The Morgan fingerprint density at radius 2 is 1.55 bits per heavy atom. The molecule has 0 saturated carbocycles. The predicted molar refractivity (Wildman–Crippen MR) is 120 cm³/mol. The lowest BCUT2D eigenvalue weighted by molar-refractivity contribution is -0.00879. The number of hydrogen-bond acceptors (Lipinski definition) is 5. The van der Waals surface area contributed by atoms with E-state index in [9.17, 15) is 5.11 Å². The average Bonchev–Trinajstić information content (AvgIpc) is 3.28. The maximum Gasteiger partial charge on any atom is 0.231 e. The first-order chi connectivity index (χ1) is 15.2. The molecule has 3 aromatic rings. The molecular formula is C26H29NO4. The monoisotopic (exact) mass is 419 g/mol. The Hall–Kier alpha value is -2.86. The summed E-state index contributed by atoms with van der Waals surface area (Å²) < 4.78 is 17.1. The molecule has 5 nitrogen and oxygen atoms in total. The summed E-state index contributed by atoms with van der Waals surface area (Å²) in [5, 5.41) is 10.7. The van der Waals surface area contributed by atoms with Gasteiger partial charge in [-0.1, -0.05) is 73.7 Å². The van der Waals surface area contributed by atoms with Gasteiger partial charge in [-0.05, 0) is 35.4 Å². The number of fused-ring (bicyclic) bond motifs is 1. The Balaban J connectivity index is 1.36. The highest BCUT2D eigenvalue weighted by Gasteiger charge is 2.19. The zero-order chi connectivity index (χ0) is 21.5.